The van der Waals surface area contributed by atoms with Gasteiger partial charge in [0.2, 0.25) is 0 Å². The third-order valence-corrected chi connectivity index (χ3v) is 4.68. The Kier molecular flexibility index (Phi) is 7.13. The number of hydrogen-bond acceptors (Lipinski definition) is 6. The van der Waals surface area contributed by atoms with Crippen molar-refractivity contribution in [3.8, 4) is 11.5 Å². The van der Waals surface area contributed by atoms with Gasteiger partial charge >= 0.3 is 6.03 Å². The molecule has 3 rings (SSSR count). The minimum Gasteiger partial charge on any atom is -0.493 e. The molecule has 1 fully saturated rings. The second kappa shape index (κ2) is 9.97. The molecule has 8 heteroatoms. The molecule has 1 atom stereocenters. The van der Waals surface area contributed by atoms with E-state index in [-0.39, 0.29) is 12.1 Å². The molecule has 156 valence electrons. The van der Waals surface area contributed by atoms with Crippen molar-refractivity contribution in [2.45, 2.75) is 19.9 Å². The Hall–Kier alpha value is -3.00. The number of urea groups is 1. The van der Waals surface area contributed by atoms with Crippen LogP contribution in [-0.4, -0.2) is 51.0 Å². The lowest BCUT2D eigenvalue weighted by molar-refractivity contribution is 0.122. The van der Waals surface area contributed by atoms with E-state index < -0.39 is 0 Å². The lowest BCUT2D eigenvalue weighted by Gasteiger charge is -2.27. The van der Waals surface area contributed by atoms with E-state index in [2.05, 4.69) is 20.5 Å². The molecular weight excluding hydrogens is 372 g/mol. The molecule has 0 saturated carbocycles. The van der Waals surface area contributed by atoms with E-state index in [0.29, 0.717) is 37.0 Å². The van der Waals surface area contributed by atoms with Crippen LogP contribution in [-0.2, 0) is 4.74 Å². The van der Waals surface area contributed by atoms with E-state index in [9.17, 15) is 4.79 Å². The molecule has 2 N–H and O–H groups in total. The van der Waals surface area contributed by atoms with Gasteiger partial charge in [0, 0.05) is 13.1 Å². The molecule has 29 heavy (non-hydrogen) atoms. The van der Waals surface area contributed by atoms with Crippen LogP contribution in [0.5, 0.6) is 11.5 Å². The lowest BCUT2D eigenvalue weighted by atomic mass is 10.1. The molecule has 2 heterocycles. The van der Waals surface area contributed by atoms with Crippen molar-refractivity contribution < 1.29 is 19.0 Å². The third kappa shape index (κ3) is 5.51. The highest BCUT2D eigenvalue weighted by Gasteiger charge is 2.15. The predicted octanol–water partition coefficient (Wildman–Crippen LogP) is 3.21. The first-order valence-electron chi connectivity index (χ1n) is 9.77. The smallest absolute Gasteiger partial charge is 0.319 e. The molecule has 1 aromatic heterocycles. The topological polar surface area (TPSA) is 85.0 Å². The number of amides is 2. The molecule has 0 radical (unpaired) electrons. The fraction of sp³-hybridized carbons (Fsp3) is 0.429. The molecular formula is C21H28N4O4. The van der Waals surface area contributed by atoms with Gasteiger partial charge in [0.15, 0.2) is 11.5 Å². The van der Waals surface area contributed by atoms with Gasteiger partial charge in [-0.15, -0.1) is 0 Å². The van der Waals surface area contributed by atoms with Crippen LogP contribution in [0.1, 0.15) is 25.5 Å². The molecule has 2 aromatic rings. The normalized spacial score (nSPS) is 14.8. The first-order chi connectivity index (χ1) is 14.1. The van der Waals surface area contributed by atoms with Gasteiger partial charge in [-0.2, -0.15) is 0 Å². The zero-order valence-electron chi connectivity index (χ0n) is 17.1. The van der Waals surface area contributed by atoms with Crippen LogP contribution in [0, 0.1) is 0 Å². The van der Waals surface area contributed by atoms with Gasteiger partial charge in [-0.25, -0.2) is 9.78 Å². The SMILES string of the molecule is CCOc1ccc(C(C)NC(=O)Nc2ccc(N3CCOCC3)nc2)cc1OC. The van der Waals surface area contributed by atoms with E-state index in [1.807, 2.05) is 44.2 Å². The molecule has 0 bridgehead atoms. The number of nitrogens with one attached hydrogen (secondary N) is 2. The molecule has 1 aliphatic rings. The molecule has 1 unspecified atom stereocenters. The number of hydrogen-bond donors (Lipinski definition) is 2. The van der Waals surface area contributed by atoms with Crippen LogP contribution in [0.2, 0.25) is 0 Å². The summed E-state index contributed by atoms with van der Waals surface area (Å²) in [4.78, 5) is 19.0. The quantitative estimate of drug-likeness (QED) is 0.742. The van der Waals surface area contributed by atoms with E-state index in [1.165, 1.54) is 0 Å². The maximum atomic E-state index is 12.4. The highest BCUT2D eigenvalue weighted by molar-refractivity contribution is 5.89. The minimum absolute atomic E-state index is 0.208. The Morgan fingerprint density at radius 1 is 1.24 bits per heavy atom. The zero-order chi connectivity index (χ0) is 20.6. The molecule has 0 spiro atoms. The van der Waals surface area contributed by atoms with Crippen LogP contribution >= 0.6 is 0 Å². The fourth-order valence-electron chi connectivity index (χ4n) is 3.11. The number of rotatable bonds is 7. The maximum absolute atomic E-state index is 12.4. The fourth-order valence-corrected chi connectivity index (χ4v) is 3.11. The monoisotopic (exact) mass is 400 g/mol. The predicted molar refractivity (Wildman–Crippen MR) is 112 cm³/mol. The van der Waals surface area contributed by atoms with Crippen LogP contribution in [0.15, 0.2) is 36.5 Å². The van der Waals surface area contributed by atoms with Gasteiger partial charge in [-0.05, 0) is 43.7 Å². The van der Waals surface area contributed by atoms with Crippen LogP contribution in [0.3, 0.4) is 0 Å². The van der Waals surface area contributed by atoms with Crippen molar-refractivity contribution in [3.63, 3.8) is 0 Å². The number of ether oxygens (including phenoxy) is 3. The average Bonchev–Trinajstić information content (AvgIpc) is 2.75. The van der Waals surface area contributed by atoms with Gasteiger partial charge in [0.25, 0.3) is 0 Å². The molecule has 1 saturated heterocycles. The first kappa shape index (κ1) is 20.7. The molecule has 1 aromatic carbocycles. The van der Waals surface area contributed by atoms with Crippen LogP contribution < -0.4 is 25.0 Å². The third-order valence-electron chi connectivity index (χ3n) is 4.68. The van der Waals surface area contributed by atoms with Crippen molar-refractivity contribution >= 4 is 17.5 Å². The van der Waals surface area contributed by atoms with Gasteiger partial charge in [0.1, 0.15) is 5.82 Å². The van der Waals surface area contributed by atoms with Crippen molar-refractivity contribution in [2.24, 2.45) is 0 Å². The van der Waals surface area contributed by atoms with Crippen LogP contribution in [0.4, 0.5) is 16.3 Å². The highest BCUT2D eigenvalue weighted by atomic mass is 16.5. The standard InChI is InChI=1S/C21H28N4O4/c1-4-29-18-7-5-16(13-19(18)27-3)15(2)23-21(26)24-17-6-8-20(22-14-17)25-9-11-28-12-10-25/h5-8,13-15H,4,9-12H2,1-3H3,(H2,23,24,26). The summed E-state index contributed by atoms with van der Waals surface area (Å²) in [6.07, 6.45) is 1.66. The molecule has 1 aliphatic heterocycles. The summed E-state index contributed by atoms with van der Waals surface area (Å²) < 4.78 is 16.3. The average molecular weight is 400 g/mol. The van der Waals surface area contributed by atoms with E-state index in [0.717, 1.165) is 24.5 Å². The summed E-state index contributed by atoms with van der Waals surface area (Å²) >= 11 is 0. The van der Waals surface area contributed by atoms with Gasteiger partial charge < -0.3 is 29.7 Å². The minimum atomic E-state index is -0.300. The molecule has 2 amide bonds. The van der Waals surface area contributed by atoms with E-state index >= 15 is 0 Å². The van der Waals surface area contributed by atoms with Crippen LogP contribution in [0.25, 0.3) is 0 Å². The molecule has 0 aliphatic carbocycles. The number of morpholine rings is 1. The summed E-state index contributed by atoms with van der Waals surface area (Å²) in [6.45, 7) is 7.45. The van der Waals surface area contributed by atoms with Gasteiger partial charge in [-0.3, -0.25) is 0 Å². The second-order valence-electron chi connectivity index (χ2n) is 6.67. The van der Waals surface area contributed by atoms with E-state index in [1.54, 1.807) is 13.3 Å². The number of benzene rings is 1. The number of methoxy groups -OCH3 is 1. The second-order valence-corrected chi connectivity index (χ2v) is 6.67. The molecule has 8 nitrogen and oxygen atoms in total. The van der Waals surface area contributed by atoms with Crippen molar-refractivity contribution in [1.82, 2.24) is 10.3 Å². The number of nitrogens with zero attached hydrogens (tertiary/aromatic N) is 2. The zero-order valence-corrected chi connectivity index (χ0v) is 17.1. The Morgan fingerprint density at radius 3 is 2.69 bits per heavy atom. The summed E-state index contributed by atoms with van der Waals surface area (Å²) in [6, 6.07) is 8.88. The van der Waals surface area contributed by atoms with E-state index in [4.69, 9.17) is 14.2 Å². The summed E-state index contributed by atoms with van der Waals surface area (Å²) in [7, 11) is 1.60. The van der Waals surface area contributed by atoms with Crippen molar-refractivity contribution in [2.75, 3.05) is 50.2 Å². The summed E-state index contributed by atoms with van der Waals surface area (Å²) in [5, 5.41) is 5.75. The number of carbonyl (C=O) groups is 1. The summed E-state index contributed by atoms with van der Waals surface area (Å²) in [5.74, 6) is 2.21. The summed E-state index contributed by atoms with van der Waals surface area (Å²) in [5.41, 5.74) is 1.55. The largest absolute Gasteiger partial charge is 0.493 e. The first-order valence-corrected chi connectivity index (χ1v) is 9.77. The Balaban J connectivity index is 1.57. The number of anilines is 2. The Bertz CT molecular complexity index is 807. The number of pyridine rings is 1. The Labute approximate surface area is 171 Å². The Morgan fingerprint density at radius 2 is 2.03 bits per heavy atom. The van der Waals surface area contributed by atoms with Crippen molar-refractivity contribution in [1.29, 1.82) is 0 Å². The maximum Gasteiger partial charge on any atom is 0.319 e. The van der Waals surface area contributed by atoms with Gasteiger partial charge in [-0.1, -0.05) is 6.07 Å². The van der Waals surface area contributed by atoms with Crippen molar-refractivity contribution in [3.05, 3.63) is 42.1 Å². The highest BCUT2D eigenvalue weighted by Crippen LogP contribution is 2.30. The lowest BCUT2D eigenvalue weighted by Crippen LogP contribution is -2.36. The van der Waals surface area contributed by atoms with Gasteiger partial charge in [0.05, 0.1) is 44.9 Å². The number of aromatic nitrogens is 1. The number of carbonyl (C=O) groups excluding carboxylic acids is 1.